The third-order valence-electron chi connectivity index (χ3n) is 13.4. The molecule has 1 aromatic heterocycles. The number of imidazole rings is 1. The van der Waals surface area contributed by atoms with Crippen LogP contribution in [-0.4, -0.2) is 57.6 Å². The van der Waals surface area contributed by atoms with Crippen molar-refractivity contribution in [3.8, 4) is 11.5 Å². The summed E-state index contributed by atoms with van der Waals surface area (Å²) in [6.07, 6.45) is 12.4. The molecule has 6 aliphatic carbocycles. The number of aliphatic hydroxyl groups excluding tert-OH is 1. The number of methoxy groups -OCH3 is 2. The second kappa shape index (κ2) is 10.2. The summed E-state index contributed by atoms with van der Waals surface area (Å²) in [4.78, 5) is 22.9. The minimum atomic E-state index is -0.920. The number of ether oxygens (including phenoxy) is 2. The molecule has 2 aromatic carbocycles. The molecule has 242 valence electrons. The van der Waals surface area contributed by atoms with Gasteiger partial charge in [-0.2, -0.15) is 0 Å². The second-order valence-corrected chi connectivity index (χ2v) is 16.0. The summed E-state index contributed by atoms with van der Waals surface area (Å²) in [6.45, 7) is 4.70. The van der Waals surface area contributed by atoms with E-state index in [1.54, 1.807) is 26.0 Å². The Labute approximate surface area is 274 Å². The predicted octanol–water partition coefficient (Wildman–Crippen LogP) is 7.15. The van der Waals surface area contributed by atoms with Gasteiger partial charge in [0, 0.05) is 39.2 Å². The minimum absolute atomic E-state index is 0.0587. The van der Waals surface area contributed by atoms with E-state index in [0.717, 1.165) is 65.4 Å². The molecule has 1 heterocycles. The Hall–Kier alpha value is -3.07. The zero-order valence-electron chi connectivity index (χ0n) is 27.1. The van der Waals surface area contributed by atoms with Gasteiger partial charge in [-0.15, -0.1) is 0 Å². The number of carbonyl (C=O) groups excluding carboxylic acids is 1. The Morgan fingerprint density at radius 3 is 2.41 bits per heavy atom. The molecular weight excluding hydrogens is 596 g/mol. The van der Waals surface area contributed by atoms with Gasteiger partial charge in [0.15, 0.2) is 10.9 Å². The van der Waals surface area contributed by atoms with E-state index in [-0.39, 0.29) is 34.6 Å². The molecule has 3 aromatic rings. The molecule has 2 spiro atoms. The summed E-state index contributed by atoms with van der Waals surface area (Å²) >= 11 is 1.58. The van der Waals surface area contributed by atoms with Crippen molar-refractivity contribution >= 4 is 28.6 Å². The van der Waals surface area contributed by atoms with Gasteiger partial charge in [0.2, 0.25) is 0 Å². The molecule has 46 heavy (non-hydrogen) atoms. The molecule has 3 N–H and O–H groups in total. The van der Waals surface area contributed by atoms with Gasteiger partial charge < -0.3 is 24.7 Å². The number of carbonyl (C=O) groups is 1. The van der Waals surface area contributed by atoms with Crippen molar-refractivity contribution in [1.29, 1.82) is 0 Å². The number of ketones is 1. The number of nitrogens with one attached hydrogen (secondary N) is 1. The van der Waals surface area contributed by atoms with E-state index in [1.165, 1.54) is 0 Å². The number of aromatic nitrogens is 2. The zero-order chi connectivity index (χ0) is 32.1. The van der Waals surface area contributed by atoms with Gasteiger partial charge in [0.05, 0.1) is 37.0 Å². The van der Waals surface area contributed by atoms with Gasteiger partial charge in [-0.3, -0.25) is 4.79 Å². The average Bonchev–Trinajstić information content (AvgIpc) is 3.60. The number of aliphatic hydroxyl groups is 2. The van der Waals surface area contributed by atoms with Crippen molar-refractivity contribution in [3.05, 3.63) is 71.8 Å². The average molecular weight is 641 g/mol. The van der Waals surface area contributed by atoms with Crippen LogP contribution in [-0.2, 0) is 0 Å². The topological polar surface area (TPSA) is 105 Å². The third kappa shape index (κ3) is 3.93. The SMILES string of the molecule is COc1ccc(C(=O)C2=C[C@@]34C=C[C@@]25[C@@H]2CC[C@@](O)(CSc6nc7ccc(OC)cc7[nH]6)[C@@]2(C)CC[C@@H]5[C@@]3(C)CCC(O)C4)cc1. The van der Waals surface area contributed by atoms with E-state index in [0.29, 0.717) is 24.2 Å². The number of aromatic amines is 1. The van der Waals surface area contributed by atoms with Crippen LogP contribution in [0.3, 0.4) is 0 Å². The summed E-state index contributed by atoms with van der Waals surface area (Å²) in [6, 6.07) is 13.3. The number of benzene rings is 2. The van der Waals surface area contributed by atoms with Gasteiger partial charge in [-0.1, -0.05) is 43.8 Å². The number of thioether (sulfide) groups is 1. The molecule has 0 saturated heterocycles. The number of rotatable bonds is 7. The molecule has 2 bridgehead atoms. The summed E-state index contributed by atoms with van der Waals surface area (Å²) < 4.78 is 10.8. The Morgan fingerprint density at radius 2 is 1.65 bits per heavy atom. The number of Topliss-reactive ketones (excluding diaryl/α,β-unsaturated/α-hetero) is 1. The first-order valence-corrected chi connectivity index (χ1v) is 17.7. The van der Waals surface area contributed by atoms with E-state index >= 15 is 0 Å². The molecule has 0 radical (unpaired) electrons. The number of allylic oxidation sites excluding steroid dienone is 4. The van der Waals surface area contributed by atoms with Crippen molar-refractivity contribution in [3.63, 3.8) is 0 Å². The summed E-state index contributed by atoms with van der Waals surface area (Å²) in [7, 11) is 3.29. The molecule has 7 nitrogen and oxygen atoms in total. The van der Waals surface area contributed by atoms with Crippen LogP contribution in [0.25, 0.3) is 11.0 Å². The normalized spacial score (nSPS) is 39.0. The highest BCUT2D eigenvalue weighted by Gasteiger charge is 2.74. The van der Waals surface area contributed by atoms with Crippen LogP contribution in [0.1, 0.15) is 69.2 Å². The van der Waals surface area contributed by atoms with E-state index in [4.69, 9.17) is 14.5 Å². The van der Waals surface area contributed by atoms with E-state index in [2.05, 4.69) is 37.1 Å². The Bertz CT molecular complexity index is 1780. The molecule has 0 aliphatic heterocycles. The fraction of sp³-hybridized carbons (Fsp3) is 0.526. The van der Waals surface area contributed by atoms with Crippen molar-refractivity contribution < 1.29 is 24.5 Å². The molecule has 3 fully saturated rings. The van der Waals surface area contributed by atoms with Gasteiger partial charge in [0.1, 0.15) is 11.5 Å². The van der Waals surface area contributed by atoms with E-state index in [9.17, 15) is 15.0 Å². The molecular formula is C38H44N2O5S. The fourth-order valence-corrected chi connectivity index (χ4v) is 12.0. The van der Waals surface area contributed by atoms with Crippen molar-refractivity contribution in [2.45, 2.75) is 75.7 Å². The lowest BCUT2D eigenvalue weighted by Crippen LogP contribution is -2.67. The van der Waals surface area contributed by atoms with Crippen LogP contribution in [0.15, 0.2) is 71.4 Å². The van der Waals surface area contributed by atoms with Crippen LogP contribution in [0.2, 0.25) is 0 Å². The first kappa shape index (κ1) is 30.3. The van der Waals surface area contributed by atoms with Crippen molar-refractivity contribution in [2.75, 3.05) is 20.0 Å². The summed E-state index contributed by atoms with van der Waals surface area (Å²) in [5, 5.41) is 24.4. The maximum atomic E-state index is 14.7. The number of hydrogen-bond donors (Lipinski definition) is 3. The Morgan fingerprint density at radius 1 is 0.957 bits per heavy atom. The molecule has 3 saturated carbocycles. The quantitative estimate of drug-likeness (QED) is 0.143. The lowest BCUT2D eigenvalue weighted by atomic mass is 9.32. The standard InChI is InChI=1S/C38H44N2O5S/c1-34-14-11-24(41)20-36(34)17-18-38(27(21-36)32(42)23-5-7-25(44-3)8-6-23)30(34)12-15-35(2)31(38)13-16-37(35,43)22-46-33-39-28-10-9-26(45-4)19-29(28)40-33/h5-10,17-19,21,24,30-31,41,43H,11-16,20,22H2,1-4H3,(H,39,40)/t24?,30-,31-,34-,35+,36+,37-,38-/m1/s1. The van der Waals surface area contributed by atoms with Crippen LogP contribution in [0, 0.1) is 33.5 Å². The van der Waals surface area contributed by atoms with Crippen LogP contribution < -0.4 is 9.47 Å². The zero-order valence-corrected chi connectivity index (χ0v) is 28.0. The lowest BCUT2D eigenvalue weighted by Gasteiger charge is -2.71. The molecule has 8 heteroatoms. The first-order chi connectivity index (χ1) is 22.0. The van der Waals surface area contributed by atoms with Gasteiger partial charge in [-0.25, -0.2) is 4.98 Å². The van der Waals surface area contributed by atoms with Gasteiger partial charge in [-0.05, 0) is 98.6 Å². The second-order valence-electron chi connectivity index (χ2n) is 15.1. The van der Waals surface area contributed by atoms with E-state index < -0.39 is 16.4 Å². The Kier molecular flexibility index (Phi) is 6.72. The monoisotopic (exact) mass is 640 g/mol. The number of nitrogens with zero attached hydrogens (tertiary/aromatic N) is 1. The molecule has 8 atom stereocenters. The van der Waals surface area contributed by atoms with Crippen LogP contribution in [0.4, 0.5) is 0 Å². The molecule has 0 amide bonds. The number of hydrogen-bond acceptors (Lipinski definition) is 7. The van der Waals surface area contributed by atoms with Gasteiger partial charge in [0.25, 0.3) is 0 Å². The first-order valence-electron chi connectivity index (χ1n) is 16.7. The minimum Gasteiger partial charge on any atom is -0.497 e. The largest absolute Gasteiger partial charge is 0.497 e. The number of fused-ring (bicyclic) bond motifs is 2. The van der Waals surface area contributed by atoms with E-state index in [1.807, 2.05) is 42.5 Å². The van der Waals surface area contributed by atoms with Gasteiger partial charge >= 0.3 is 0 Å². The highest BCUT2D eigenvalue weighted by molar-refractivity contribution is 7.99. The van der Waals surface area contributed by atoms with Crippen molar-refractivity contribution in [2.24, 2.45) is 33.5 Å². The maximum absolute atomic E-state index is 14.7. The predicted molar refractivity (Wildman–Crippen MR) is 179 cm³/mol. The highest BCUT2D eigenvalue weighted by atomic mass is 32.2. The third-order valence-corrected chi connectivity index (χ3v) is 14.5. The molecule has 1 unspecified atom stereocenters. The molecule has 6 aliphatic rings. The summed E-state index contributed by atoms with van der Waals surface area (Å²) in [5.74, 6) is 2.46. The summed E-state index contributed by atoms with van der Waals surface area (Å²) in [5.41, 5.74) is 1.12. The maximum Gasteiger partial charge on any atom is 0.189 e. The van der Waals surface area contributed by atoms with Crippen LogP contribution >= 0.6 is 11.8 Å². The lowest BCUT2D eigenvalue weighted by molar-refractivity contribution is -0.166. The fourth-order valence-electron chi connectivity index (χ4n) is 10.8. The van der Waals surface area contributed by atoms with Crippen LogP contribution in [0.5, 0.6) is 11.5 Å². The highest BCUT2D eigenvalue weighted by Crippen LogP contribution is 2.78. The molecule has 9 rings (SSSR count). The Balaban J connectivity index is 1.18. The smallest absolute Gasteiger partial charge is 0.189 e. The van der Waals surface area contributed by atoms with Crippen molar-refractivity contribution in [1.82, 2.24) is 9.97 Å². The number of H-pyrrole nitrogens is 1.